The molecule has 0 spiro atoms. The van der Waals surface area contributed by atoms with E-state index in [0.717, 1.165) is 21.7 Å². The number of halogens is 1. The first-order valence-corrected chi connectivity index (χ1v) is 11.1. The van der Waals surface area contributed by atoms with Crippen molar-refractivity contribution in [3.63, 3.8) is 0 Å². The monoisotopic (exact) mass is 448 g/mol. The molecular weight excluding hydrogens is 428 g/mol. The zero-order valence-electron chi connectivity index (χ0n) is 17.0. The van der Waals surface area contributed by atoms with E-state index in [9.17, 15) is 9.59 Å². The van der Waals surface area contributed by atoms with Gasteiger partial charge in [0.25, 0.3) is 11.8 Å². The number of nitrogens with one attached hydrogen (secondary N) is 1. The maximum atomic E-state index is 13.3. The van der Waals surface area contributed by atoms with Crippen molar-refractivity contribution in [1.29, 1.82) is 0 Å². The number of rotatable bonds is 7. The Balaban J connectivity index is 1.63. The number of hydrogen-bond donors (Lipinski definition) is 1. The van der Waals surface area contributed by atoms with Crippen molar-refractivity contribution in [2.75, 3.05) is 11.9 Å². The Morgan fingerprint density at radius 1 is 0.903 bits per heavy atom. The topological polar surface area (TPSA) is 49.4 Å². The third-order valence-corrected chi connectivity index (χ3v) is 6.33. The van der Waals surface area contributed by atoms with Crippen molar-refractivity contribution in [1.82, 2.24) is 4.90 Å². The molecule has 31 heavy (non-hydrogen) atoms. The number of carbonyl (C=O) groups is 2. The van der Waals surface area contributed by atoms with E-state index in [2.05, 4.69) is 5.32 Å². The van der Waals surface area contributed by atoms with Crippen LogP contribution >= 0.6 is 23.4 Å². The van der Waals surface area contributed by atoms with Crippen molar-refractivity contribution in [3.8, 4) is 0 Å². The summed E-state index contributed by atoms with van der Waals surface area (Å²) in [6.45, 7) is 2.23. The summed E-state index contributed by atoms with van der Waals surface area (Å²) in [6, 6.07) is 24.8. The fourth-order valence-corrected chi connectivity index (χ4v) is 4.55. The molecule has 2 amide bonds. The third kappa shape index (κ3) is 4.84. The third-order valence-electron chi connectivity index (χ3n) is 5.00. The maximum absolute atomic E-state index is 13.3. The molecule has 0 saturated carbocycles. The first kappa shape index (κ1) is 21.2. The van der Waals surface area contributed by atoms with Gasteiger partial charge in [-0.2, -0.15) is 0 Å². The molecule has 0 aromatic heterocycles. The van der Waals surface area contributed by atoms with Gasteiger partial charge in [-0.05, 0) is 54.8 Å². The normalized spacial score (nSPS) is 13.8. The SMILES string of the molecule is Cc1cc(Cl)ccc1NC1=C(Sc2ccccc2)C(=O)N(CCc2ccccc2)C1=O. The van der Waals surface area contributed by atoms with Crippen molar-refractivity contribution < 1.29 is 9.59 Å². The number of hydrogen-bond acceptors (Lipinski definition) is 4. The number of anilines is 1. The van der Waals surface area contributed by atoms with Gasteiger partial charge in [-0.25, -0.2) is 0 Å². The van der Waals surface area contributed by atoms with Crippen molar-refractivity contribution in [2.24, 2.45) is 0 Å². The first-order valence-electron chi connectivity index (χ1n) is 9.93. The quantitative estimate of drug-likeness (QED) is 0.473. The Hall–Kier alpha value is -3.02. The van der Waals surface area contributed by atoms with Crippen molar-refractivity contribution in [2.45, 2.75) is 18.2 Å². The lowest BCUT2D eigenvalue weighted by Crippen LogP contribution is -2.34. The van der Waals surface area contributed by atoms with Crippen LogP contribution in [-0.4, -0.2) is 23.3 Å². The van der Waals surface area contributed by atoms with Crippen LogP contribution in [-0.2, 0) is 16.0 Å². The molecule has 156 valence electrons. The van der Waals surface area contributed by atoms with E-state index in [1.165, 1.54) is 16.7 Å². The first-order chi connectivity index (χ1) is 15.0. The van der Waals surface area contributed by atoms with Crippen LogP contribution in [0.25, 0.3) is 0 Å². The van der Waals surface area contributed by atoms with Gasteiger partial charge in [-0.1, -0.05) is 71.9 Å². The van der Waals surface area contributed by atoms with E-state index < -0.39 is 0 Å². The smallest absolute Gasteiger partial charge is 0.278 e. The van der Waals surface area contributed by atoms with Crippen LogP contribution in [0.2, 0.25) is 5.02 Å². The minimum Gasteiger partial charge on any atom is -0.350 e. The number of thioether (sulfide) groups is 1. The van der Waals surface area contributed by atoms with Gasteiger partial charge in [-0.15, -0.1) is 0 Å². The summed E-state index contributed by atoms with van der Waals surface area (Å²) >= 11 is 7.37. The molecule has 0 bridgehead atoms. The number of imide groups is 1. The Labute approximate surface area is 190 Å². The zero-order valence-corrected chi connectivity index (χ0v) is 18.5. The van der Waals surface area contributed by atoms with Crippen molar-refractivity contribution >= 4 is 40.9 Å². The number of amides is 2. The van der Waals surface area contributed by atoms with Crippen LogP contribution in [0, 0.1) is 6.92 Å². The molecule has 3 aromatic rings. The molecule has 0 radical (unpaired) electrons. The van der Waals surface area contributed by atoms with E-state index in [0.29, 0.717) is 28.6 Å². The second kappa shape index (κ2) is 9.41. The Bertz CT molecular complexity index is 1150. The van der Waals surface area contributed by atoms with Gasteiger partial charge >= 0.3 is 0 Å². The standard InChI is InChI=1S/C25H21ClN2O2S/c1-17-16-19(26)12-13-21(17)27-22-23(31-20-10-6-3-7-11-20)25(30)28(24(22)29)15-14-18-8-4-2-5-9-18/h2-13,16,27H,14-15H2,1H3. The van der Waals surface area contributed by atoms with E-state index in [1.807, 2.05) is 79.7 Å². The lowest BCUT2D eigenvalue weighted by atomic mass is 10.1. The molecule has 0 saturated heterocycles. The average Bonchev–Trinajstić information content (AvgIpc) is 2.99. The summed E-state index contributed by atoms with van der Waals surface area (Å²) in [5.74, 6) is -0.586. The average molecular weight is 449 g/mol. The summed E-state index contributed by atoms with van der Waals surface area (Å²) in [7, 11) is 0. The summed E-state index contributed by atoms with van der Waals surface area (Å²) in [5.41, 5.74) is 3.02. The Morgan fingerprint density at radius 2 is 1.58 bits per heavy atom. The van der Waals surface area contributed by atoms with Crippen LogP contribution in [0.4, 0.5) is 5.69 Å². The summed E-state index contributed by atoms with van der Waals surface area (Å²) < 4.78 is 0. The minimum absolute atomic E-state index is 0.274. The van der Waals surface area contributed by atoms with Gasteiger partial charge in [0, 0.05) is 22.2 Å². The van der Waals surface area contributed by atoms with Gasteiger partial charge in [0.1, 0.15) is 10.6 Å². The summed E-state index contributed by atoms with van der Waals surface area (Å²) in [4.78, 5) is 29.1. The highest BCUT2D eigenvalue weighted by Gasteiger charge is 2.39. The molecule has 1 heterocycles. The zero-order chi connectivity index (χ0) is 21.8. The molecule has 4 rings (SSSR count). The fraction of sp³-hybridized carbons (Fsp3) is 0.120. The molecule has 0 unspecified atom stereocenters. The van der Waals surface area contributed by atoms with Crippen LogP contribution in [0.15, 0.2) is 94.4 Å². The number of nitrogens with zero attached hydrogens (tertiary/aromatic N) is 1. The highest BCUT2D eigenvalue weighted by atomic mass is 35.5. The second-order valence-electron chi connectivity index (χ2n) is 7.20. The molecule has 1 N–H and O–H groups in total. The number of aryl methyl sites for hydroxylation is 1. The summed E-state index contributed by atoms with van der Waals surface area (Å²) in [6.07, 6.45) is 0.606. The predicted molar refractivity (Wildman–Crippen MR) is 126 cm³/mol. The van der Waals surface area contributed by atoms with E-state index in [4.69, 9.17) is 11.6 Å². The molecular formula is C25H21ClN2O2S. The highest BCUT2D eigenvalue weighted by Crippen LogP contribution is 2.36. The van der Waals surface area contributed by atoms with Gasteiger partial charge < -0.3 is 5.32 Å². The van der Waals surface area contributed by atoms with E-state index in [-0.39, 0.29) is 11.8 Å². The molecule has 4 nitrogen and oxygen atoms in total. The molecule has 0 atom stereocenters. The van der Waals surface area contributed by atoms with Gasteiger partial charge in [0.05, 0.1) is 0 Å². The second-order valence-corrected chi connectivity index (χ2v) is 8.72. The maximum Gasteiger partial charge on any atom is 0.278 e. The fourth-order valence-electron chi connectivity index (χ4n) is 3.36. The van der Waals surface area contributed by atoms with Crippen molar-refractivity contribution in [3.05, 3.63) is 106 Å². The molecule has 0 aliphatic carbocycles. The highest BCUT2D eigenvalue weighted by molar-refractivity contribution is 8.04. The van der Waals surface area contributed by atoms with E-state index in [1.54, 1.807) is 6.07 Å². The molecule has 0 fully saturated rings. The number of benzene rings is 3. The van der Waals surface area contributed by atoms with E-state index >= 15 is 0 Å². The van der Waals surface area contributed by atoms with Crippen LogP contribution in [0.3, 0.4) is 0 Å². The molecule has 1 aliphatic heterocycles. The predicted octanol–water partition coefficient (Wildman–Crippen LogP) is 5.68. The lowest BCUT2D eigenvalue weighted by Gasteiger charge is -2.15. The van der Waals surface area contributed by atoms with Gasteiger partial charge in [0.15, 0.2) is 0 Å². The Kier molecular flexibility index (Phi) is 6.44. The molecule has 3 aromatic carbocycles. The summed E-state index contributed by atoms with van der Waals surface area (Å²) in [5, 5.41) is 3.82. The van der Waals surface area contributed by atoms with Crippen LogP contribution < -0.4 is 5.32 Å². The largest absolute Gasteiger partial charge is 0.350 e. The minimum atomic E-state index is -0.311. The Morgan fingerprint density at radius 3 is 2.26 bits per heavy atom. The molecule has 6 heteroatoms. The van der Waals surface area contributed by atoms with Crippen LogP contribution in [0.1, 0.15) is 11.1 Å². The lowest BCUT2D eigenvalue weighted by molar-refractivity contribution is -0.137. The van der Waals surface area contributed by atoms with Gasteiger partial charge in [0.2, 0.25) is 0 Å². The molecule has 1 aliphatic rings. The van der Waals surface area contributed by atoms with Crippen LogP contribution in [0.5, 0.6) is 0 Å². The van der Waals surface area contributed by atoms with Gasteiger partial charge in [-0.3, -0.25) is 14.5 Å². The number of carbonyl (C=O) groups excluding carboxylic acids is 2.